The normalized spacial score (nSPS) is 20.9. The van der Waals surface area contributed by atoms with E-state index in [9.17, 15) is 13.2 Å². The second-order valence-corrected chi connectivity index (χ2v) is 7.99. The smallest absolute Gasteiger partial charge is 0.243 e. The first-order valence-electron chi connectivity index (χ1n) is 7.90. The van der Waals surface area contributed by atoms with Crippen molar-refractivity contribution in [1.29, 1.82) is 0 Å². The Kier molecular flexibility index (Phi) is 5.78. The van der Waals surface area contributed by atoms with Crippen molar-refractivity contribution in [2.24, 2.45) is 11.7 Å². The molecule has 1 fully saturated rings. The van der Waals surface area contributed by atoms with Gasteiger partial charge in [0.2, 0.25) is 15.9 Å². The lowest BCUT2D eigenvalue weighted by atomic mass is 9.97. The van der Waals surface area contributed by atoms with Gasteiger partial charge in [-0.1, -0.05) is 18.2 Å². The minimum Gasteiger partial charge on any atom is -0.342 e. The molecule has 1 aliphatic rings. The highest BCUT2D eigenvalue weighted by molar-refractivity contribution is 7.89. The molecule has 1 aromatic carbocycles. The Morgan fingerprint density at radius 1 is 1.39 bits per heavy atom. The molecular formula is C16H25N3O3S. The number of carbonyl (C=O) groups is 1. The second-order valence-electron chi connectivity index (χ2n) is 6.05. The van der Waals surface area contributed by atoms with E-state index >= 15 is 0 Å². The molecule has 1 aliphatic heterocycles. The van der Waals surface area contributed by atoms with Gasteiger partial charge in [0, 0.05) is 32.7 Å². The van der Waals surface area contributed by atoms with E-state index in [0.717, 1.165) is 0 Å². The minimum atomic E-state index is -3.54. The van der Waals surface area contributed by atoms with Crippen LogP contribution in [0.5, 0.6) is 0 Å². The summed E-state index contributed by atoms with van der Waals surface area (Å²) in [4.78, 5) is 14.5. The van der Waals surface area contributed by atoms with E-state index < -0.39 is 10.0 Å². The van der Waals surface area contributed by atoms with Crippen LogP contribution in [0, 0.1) is 5.92 Å². The van der Waals surface area contributed by atoms with Crippen molar-refractivity contribution < 1.29 is 13.2 Å². The minimum absolute atomic E-state index is 0.0316. The van der Waals surface area contributed by atoms with E-state index in [1.54, 1.807) is 42.3 Å². The molecule has 6 nitrogen and oxygen atoms in total. The Morgan fingerprint density at radius 2 is 2.04 bits per heavy atom. The largest absolute Gasteiger partial charge is 0.342 e. The average molecular weight is 339 g/mol. The summed E-state index contributed by atoms with van der Waals surface area (Å²) >= 11 is 0. The highest BCUT2D eigenvalue weighted by Gasteiger charge is 2.34. The monoisotopic (exact) mass is 339 g/mol. The highest BCUT2D eigenvalue weighted by atomic mass is 32.2. The zero-order valence-electron chi connectivity index (χ0n) is 13.7. The van der Waals surface area contributed by atoms with Crippen molar-refractivity contribution in [2.45, 2.75) is 30.7 Å². The van der Waals surface area contributed by atoms with E-state index in [4.69, 9.17) is 5.73 Å². The van der Waals surface area contributed by atoms with Crippen LogP contribution in [-0.2, 0) is 14.8 Å². The molecule has 1 aromatic rings. The molecule has 0 bridgehead atoms. The number of likely N-dealkylation sites (N-methyl/N-ethyl adjacent to an activating group) is 1. The third-order valence-electron chi connectivity index (χ3n) is 4.46. The zero-order valence-corrected chi connectivity index (χ0v) is 14.5. The molecule has 0 aliphatic carbocycles. The number of rotatable bonds is 5. The molecule has 23 heavy (non-hydrogen) atoms. The van der Waals surface area contributed by atoms with Gasteiger partial charge in [-0.15, -0.1) is 0 Å². The van der Waals surface area contributed by atoms with Crippen LogP contribution in [0.3, 0.4) is 0 Å². The number of hydrogen-bond donors (Lipinski definition) is 1. The summed E-state index contributed by atoms with van der Waals surface area (Å²) < 4.78 is 26.8. The third-order valence-corrected chi connectivity index (χ3v) is 6.34. The lowest BCUT2D eigenvalue weighted by Gasteiger charge is -2.34. The fourth-order valence-corrected chi connectivity index (χ4v) is 4.31. The molecule has 2 rings (SSSR count). The lowest BCUT2D eigenvalue weighted by Crippen LogP contribution is -2.49. The van der Waals surface area contributed by atoms with Crippen LogP contribution in [0.25, 0.3) is 0 Å². The maximum Gasteiger partial charge on any atom is 0.243 e. The number of hydrogen-bond acceptors (Lipinski definition) is 4. The molecule has 7 heteroatoms. The van der Waals surface area contributed by atoms with Gasteiger partial charge in [0.05, 0.1) is 10.8 Å². The van der Waals surface area contributed by atoms with E-state index in [1.807, 2.05) is 6.92 Å². The van der Waals surface area contributed by atoms with E-state index in [0.29, 0.717) is 25.9 Å². The number of sulfonamides is 1. The lowest BCUT2D eigenvalue weighted by molar-refractivity contribution is -0.137. The molecule has 0 saturated carbocycles. The first kappa shape index (κ1) is 17.9. The van der Waals surface area contributed by atoms with E-state index in [-0.39, 0.29) is 29.3 Å². The molecule has 0 aromatic heterocycles. The summed E-state index contributed by atoms with van der Waals surface area (Å²) in [5.74, 6) is -0.336. The number of amides is 1. The van der Waals surface area contributed by atoms with Gasteiger partial charge in [0.25, 0.3) is 0 Å². The van der Waals surface area contributed by atoms with Crippen LogP contribution in [0.2, 0.25) is 0 Å². The third kappa shape index (κ3) is 3.91. The predicted molar refractivity (Wildman–Crippen MR) is 89.2 cm³/mol. The van der Waals surface area contributed by atoms with Gasteiger partial charge in [-0.2, -0.15) is 4.31 Å². The van der Waals surface area contributed by atoms with Crippen molar-refractivity contribution >= 4 is 15.9 Å². The van der Waals surface area contributed by atoms with Gasteiger partial charge in [0.1, 0.15) is 0 Å². The molecular weight excluding hydrogens is 314 g/mol. The maximum atomic E-state index is 12.7. The second kappa shape index (κ2) is 7.42. The number of nitrogens with zero attached hydrogens (tertiary/aromatic N) is 2. The Bertz CT molecular complexity index is 633. The van der Waals surface area contributed by atoms with Gasteiger partial charge in [-0.3, -0.25) is 4.79 Å². The van der Waals surface area contributed by atoms with Crippen LogP contribution >= 0.6 is 0 Å². The molecule has 2 unspecified atom stereocenters. The number of carbonyl (C=O) groups excluding carboxylic acids is 1. The van der Waals surface area contributed by atoms with Crippen LogP contribution < -0.4 is 5.73 Å². The first-order valence-corrected chi connectivity index (χ1v) is 9.34. The van der Waals surface area contributed by atoms with Gasteiger partial charge in [-0.05, 0) is 31.9 Å². The van der Waals surface area contributed by atoms with E-state index in [2.05, 4.69) is 0 Å². The van der Waals surface area contributed by atoms with Crippen LogP contribution in [0.1, 0.15) is 19.8 Å². The summed E-state index contributed by atoms with van der Waals surface area (Å²) in [5, 5.41) is 0. The topological polar surface area (TPSA) is 83.7 Å². The number of nitrogens with two attached hydrogens (primary N) is 1. The van der Waals surface area contributed by atoms with Crippen molar-refractivity contribution in [3.63, 3.8) is 0 Å². The fraction of sp³-hybridized carbons (Fsp3) is 0.562. The predicted octanol–water partition coefficient (Wildman–Crippen LogP) is 0.893. The Labute approximate surface area is 138 Å². The van der Waals surface area contributed by atoms with Gasteiger partial charge in [0.15, 0.2) is 0 Å². The van der Waals surface area contributed by atoms with Crippen LogP contribution in [0.15, 0.2) is 35.2 Å². The maximum absolute atomic E-state index is 12.7. The Balaban J connectivity index is 2.14. The standard InChI is InChI=1S/C16H25N3O3S/c1-13(11-17)18(2)16(20)14-7-6-10-19(12-14)23(21,22)15-8-4-3-5-9-15/h3-5,8-9,13-14H,6-7,10-12,17H2,1-2H3. The summed E-state index contributed by atoms with van der Waals surface area (Å²) in [6, 6.07) is 8.31. The van der Waals surface area contributed by atoms with Crippen molar-refractivity contribution in [1.82, 2.24) is 9.21 Å². The molecule has 128 valence electrons. The molecule has 0 radical (unpaired) electrons. The molecule has 1 heterocycles. The number of benzene rings is 1. The van der Waals surface area contributed by atoms with Gasteiger partial charge < -0.3 is 10.6 Å². The highest BCUT2D eigenvalue weighted by Crippen LogP contribution is 2.25. The first-order chi connectivity index (χ1) is 10.9. The van der Waals surface area contributed by atoms with Crippen molar-refractivity contribution in [2.75, 3.05) is 26.7 Å². The van der Waals surface area contributed by atoms with E-state index in [1.165, 1.54) is 4.31 Å². The van der Waals surface area contributed by atoms with Gasteiger partial charge in [-0.25, -0.2) is 8.42 Å². The molecule has 1 amide bonds. The van der Waals surface area contributed by atoms with Crippen molar-refractivity contribution in [3.8, 4) is 0 Å². The van der Waals surface area contributed by atoms with Gasteiger partial charge >= 0.3 is 0 Å². The SMILES string of the molecule is CC(CN)N(C)C(=O)C1CCCN(S(=O)(=O)c2ccccc2)C1. The summed E-state index contributed by atoms with van der Waals surface area (Å²) in [6.45, 7) is 2.97. The Morgan fingerprint density at radius 3 is 2.65 bits per heavy atom. The molecule has 2 atom stereocenters. The van der Waals surface area contributed by atoms with Crippen molar-refractivity contribution in [3.05, 3.63) is 30.3 Å². The zero-order chi connectivity index (χ0) is 17.0. The average Bonchev–Trinajstić information content (AvgIpc) is 2.60. The summed E-state index contributed by atoms with van der Waals surface area (Å²) in [5.41, 5.74) is 5.61. The van der Waals surface area contributed by atoms with Crippen LogP contribution in [-0.4, -0.2) is 56.3 Å². The van der Waals surface area contributed by atoms with Crippen LogP contribution in [0.4, 0.5) is 0 Å². The molecule has 0 spiro atoms. The number of piperidine rings is 1. The Hall–Kier alpha value is -1.44. The quantitative estimate of drug-likeness (QED) is 0.864. The fourth-order valence-electron chi connectivity index (χ4n) is 2.77. The molecule has 1 saturated heterocycles. The summed E-state index contributed by atoms with van der Waals surface area (Å²) in [6.07, 6.45) is 1.40. The summed E-state index contributed by atoms with van der Waals surface area (Å²) in [7, 11) is -1.82. The molecule has 2 N–H and O–H groups in total.